The van der Waals surface area contributed by atoms with Crippen molar-refractivity contribution in [3.05, 3.63) is 24.3 Å². The molecule has 0 aromatic rings. The molecule has 0 heterocycles. The van der Waals surface area contributed by atoms with Crippen molar-refractivity contribution in [3.63, 3.8) is 0 Å². The Labute approximate surface area is 139 Å². The summed E-state index contributed by atoms with van der Waals surface area (Å²) in [6.07, 6.45) is 6.44. The molecule has 3 rings (SSSR count). The van der Waals surface area contributed by atoms with E-state index in [2.05, 4.69) is 33.4 Å². The number of fused-ring (bicyclic) bond motifs is 3. The normalized spacial score (nSPS) is 49.0. The number of hydrogen-bond acceptors (Lipinski definition) is 3. The molecule has 3 aliphatic rings. The van der Waals surface area contributed by atoms with Gasteiger partial charge in [0.1, 0.15) is 5.78 Å². The summed E-state index contributed by atoms with van der Waals surface area (Å²) in [5.41, 5.74) is -1.52. The minimum atomic E-state index is -1.13. The fraction of sp³-hybridized carbons (Fsp3) is 0.750. The van der Waals surface area contributed by atoms with Gasteiger partial charge in [-0.3, -0.25) is 4.79 Å². The molecule has 0 radical (unpaired) electrons. The topological polar surface area (TPSA) is 57.5 Å². The van der Waals surface area contributed by atoms with E-state index in [0.29, 0.717) is 19.3 Å². The lowest BCUT2D eigenvalue weighted by molar-refractivity contribution is -0.199. The fourth-order valence-electron chi connectivity index (χ4n) is 5.72. The van der Waals surface area contributed by atoms with Gasteiger partial charge in [-0.2, -0.15) is 0 Å². The monoisotopic (exact) mass is 318 g/mol. The lowest BCUT2D eigenvalue weighted by Gasteiger charge is -2.63. The van der Waals surface area contributed by atoms with Crippen LogP contribution in [0.2, 0.25) is 0 Å². The van der Waals surface area contributed by atoms with Gasteiger partial charge in [0.05, 0.1) is 17.1 Å². The molecule has 2 saturated carbocycles. The van der Waals surface area contributed by atoms with E-state index >= 15 is 0 Å². The number of carbonyl (C=O) groups excluding carboxylic acids is 1. The second-order valence-corrected chi connectivity index (χ2v) is 9.10. The summed E-state index contributed by atoms with van der Waals surface area (Å²) in [6, 6.07) is 0. The van der Waals surface area contributed by atoms with Crippen molar-refractivity contribution in [2.45, 2.75) is 71.5 Å². The second kappa shape index (κ2) is 4.80. The number of ketones is 1. The number of carbonyl (C=O) groups is 1. The number of allylic oxidation sites excluding steroid dienone is 2. The molecule has 3 nitrogen and oxygen atoms in total. The highest BCUT2D eigenvalue weighted by atomic mass is 16.3. The van der Waals surface area contributed by atoms with E-state index in [1.807, 2.05) is 13.0 Å². The molecule has 0 saturated heterocycles. The van der Waals surface area contributed by atoms with Crippen LogP contribution in [0.25, 0.3) is 0 Å². The smallest absolute Gasteiger partial charge is 0.142 e. The van der Waals surface area contributed by atoms with Crippen LogP contribution in [0.4, 0.5) is 0 Å². The van der Waals surface area contributed by atoms with Crippen LogP contribution in [-0.2, 0) is 4.79 Å². The summed E-state index contributed by atoms with van der Waals surface area (Å²) < 4.78 is 0. The summed E-state index contributed by atoms with van der Waals surface area (Å²) in [4.78, 5) is 13.0. The molecule has 128 valence electrons. The summed E-state index contributed by atoms with van der Waals surface area (Å²) in [5, 5.41) is 22.5. The van der Waals surface area contributed by atoms with Gasteiger partial charge in [-0.25, -0.2) is 0 Å². The number of Topliss-reactive ketones (excluding diaryl/α,β-unsaturated/α-hetero) is 1. The van der Waals surface area contributed by atoms with Crippen LogP contribution in [0.1, 0.15) is 59.8 Å². The van der Waals surface area contributed by atoms with Crippen LogP contribution < -0.4 is 0 Å². The van der Waals surface area contributed by atoms with E-state index in [0.717, 1.165) is 18.4 Å². The number of hydrogen-bond donors (Lipinski definition) is 2. The van der Waals surface area contributed by atoms with E-state index < -0.39 is 17.1 Å². The van der Waals surface area contributed by atoms with Gasteiger partial charge >= 0.3 is 0 Å². The third-order valence-corrected chi connectivity index (χ3v) is 7.24. The number of aliphatic hydroxyl groups is 2. The highest BCUT2D eigenvalue weighted by Gasteiger charge is 2.68. The van der Waals surface area contributed by atoms with Crippen molar-refractivity contribution in [2.24, 2.45) is 22.2 Å². The van der Waals surface area contributed by atoms with Gasteiger partial charge in [-0.15, -0.1) is 6.58 Å². The van der Waals surface area contributed by atoms with Crippen LogP contribution in [-0.4, -0.2) is 27.7 Å². The predicted octanol–water partition coefficient (Wildman–Crippen LogP) is 3.41. The van der Waals surface area contributed by atoms with Gasteiger partial charge in [0, 0.05) is 17.8 Å². The highest BCUT2D eigenvalue weighted by Crippen LogP contribution is 2.64. The molecule has 3 aliphatic carbocycles. The Morgan fingerprint density at radius 3 is 2.48 bits per heavy atom. The zero-order valence-corrected chi connectivity index (χ0v) is 14.9. The molecular weight excluding hydrogens is 288 g/mol. The van der Waals surface area contributed by atoms with Crippen molar-refractivity contribution in [2.75, 3.05) is 0 Å². The van der Waals surface area contributed by atoms with Gasteiger partial charge in [-0.1, -0.05) is 32.9 Å². The zero-order valence-electron chi connectivity index (χ0n) is 14.9. The lowest BCUT2D eigenvalue weighted by Crippen LogP contribution is -2.68. The minimum Gasteiger partial charge on any atom is -0.392 e. The van der Waals surface area contributed by atoms with E-state index in [1.54, 1.807) is 0 Å². The van der Waals surface area contributed by atoms with Crippen molar-refractivity contribution in [3.8, 4) is 0 Å². The first kappa shape index (κ1) is 16.9. The zero-order chi connectivity index (χ0) is 17.3. The average molecular weight is 318 g/mol. The predicted molar refractivity (Wildman–Crippen MR) is 90.8 cm³/mol. The van der Waals surface area contributed by atoms with E-state index in [9.17, 15) is 15.0 Å². The van der Waals surface area contributed by atoms with Crippen LogP contribution >= 0.6 is 0 Å². The van der Waals surface area contributed by atoms with Gasteiger partial charge in [0.2, 0.25) is 0 Å². The Kier molecular flexibility index (Phi) is 3.53. The maximum atomic E-state index is 13.0. The summed E-state index contributed by atoms with van der Waals surface area (Å²) in [6.45, 7) is 12.2. The third-order valence-electron chi connectivity index (χ3n) is 7.24. The molecule has 0 unspecified atom stereocenters. The summed E-state index contributed by atoms with van der Waals surface area (Å²) >= 11 is 0. The Bertz CT molecular complexity index is 590. The van der Waals surface area contributed by atoms with Crippen LogP contribution in [0.3, 0.4) is 0 Å². The first-order valence-corrected chi connectivity index (χ1v) is 8.80. The van der Waals surface area contributed by atoms with E-state index in [-0.39, 0.29) is 22.5 Å². The van der Waals surface area contributed by atoms with Crippen LogP contribution in [0.5, 0.6) is 0 Å². The molecule has 0 bridgehead atoms. The standard InChI is InChI=1S/C20H30O3/c1-6-18(4)9-10-20(23)13(12-18)11-14(21)16-17(2,3)8-7-15(22)19(16,20)5/h6,12,14,16,21,23H,1,7-11H2,2-5H3/t14-,16+,18+,19+,20-/m1/s1. The summed E-state index contributed by atoms with van der Waals surface area (Å²) in [7, 11) is 0. The van der Waals surface area contributed by atoms with Gasteiger partial charge in [-0.05, 0) is 43.6 Å². The molecule has 0 spiro atoms. The van der Waals surface area contributed by atoms with Crippen LogP contribution in [0.15, 0.2) is 24.3 Å². The SMILES string of the molecule is C=C[C@]1(C)C=C2C[C@@H](O)[C@H]3C(C)(C)CCC(=O)[C@]3(C)[C@@]2(O)CC1. The van der Waals surface area contributed by atoms with E-state index in [4.69, 9.17) is 0 Å². The minimum absolute atomic E-state index is 0.108. The molecule has 3 heteroatoms. The number of rotatable bonds is 1. The molecule has 0 aromatic carbocycles. The first-order chi connectivity index (χ1) is 10.5. The Morgan fingerprint density at radius 2 is 1.87 bits per heavy atom. The van der Waals surface area contributed by atoms with Crippen molar-refractivity contribution in [1.29, 1.82) is 0 Å². The molecule has 0 aliphatic heterocycles. The third kappa shape index (κ3) is 2.05. The molecule has 0 aromatic heterocycles. The fourth-order valence-corrected chi connectivity index (χ4v) is 5.72. The Balaban J connectivity index is 2.18. The molecule has 5 atom stereocenters. The van der Waals surface area contributed by atoms with Gasteiger partial charge < -0.3 is 10.2 Å². The second-order valence-electron chi connectivity index (χ2n) is 9.10. The van der Waals surface area contributed by atoms with Crippen molar-refractivity contribution in [1.82, 2.24) is 0 Å². The van der Waals surface area contributed by atoms with Gasteiger partial charge in [0.25, 0.3) is 0 Å². The van der Waals surface area contributed by atoms with Crippen molar-refractivity contribution < 1.29 is 15.0 Å². The maximum Gasteiger partial charge on any atom is 0.142 e. The molecule has 23 heavy (non-hydrogen) atoms. The quantitative estimate of drug-likeness (QED) is 0.729. The number of aliphatic hydroxyl groups excluding tert-OH is 1. The van der Waals surface area contributed by atoms with Crippen LogP contribution in [0, 0.1) is 22.2 Å². The Hall–Kier alpha value is -0.930. The molecule has 2 N–H and O–H groups in total. The Morgan fingerprint density at radius 1 is 1.22 bits per heavy atom. The van der Waals surface area contributed by atoms with E-state index in [1.165, 1.54) is 0 Å². The average Bonchev–Trinajstić information content (AvgIpc) is 2.46. The molecule has 0 amide bonds. The lowest BCUT2D eigenvalue weighted by atomic mass is 9.42. The summed E-state index contributed by atoms with van der Waals surface area (Å²) in [5.74, 6) is -0.0948. The molecule has 2 fully saturated rings. The largest absolute Gasteiger partial charge is 0.392 e. The maximum absolute atomic E-state index is 13.0. The van der Waals surface area contributed by atoms with Gasteiger partial charge in [0.15, 0.2) is 0 Å². The van der Waals surface area contributed by atoms with Crippen molar-refractivity contribution >= 4 is 5.78 Å². The first-order valence-electron chi connectivity index (χ1n) is 8.80. The molecular formula is C20H30O3. The highest BCUT2D eigenvalue weighted by molar-refractivity contribution is 5.88.